The Morgan fingerprint density at radius 2 is 2.31 bits per heavy atom. The van der Waals surface area contributed by atoms with Crippen molar-refractivity contribution in [3.63, 3.8) is 0 Å². The molecule has 0 bridgehead atoms. The lowest BCUT2D eigenvalue weighted by atomic mass is 10.2. The van der Waals surface area contributed by atoms with E-state index in [1.165, 1.54) is 0 Å². The molecule has 8 heteroatoms. The van der Waals surface area contributed by atoms with E-state index in [1.54, 1.807) is 0 Å². The molecule has 0 aromatic carbocycles. The molecule has 0 aromatic rings. The molecule has 16 heavy (non-hydrogen) atoms. The zero-order valence-corrected chi connectivity index (χ0v) is 8.53. The minimum Gasteiger partial charge on any atom is -0.381 e. The van der Waals surface area contributed by atoms with E-state index in [9.17, 15) is 14.4 Å². The molecule has 0 aromatic heterocycles. The van der Waals surface area contributed by atoms with Crippen LogP contribution in [0.15, 0.2) is 0 Å². The average molecular weight is 230 g/mol. The van der Waals surface area contributed by atoms with Crippen LogP contribution >= 0.6 is 0 Å². The van der Waals surface area contributed by atoms with Gasteiger partial charge in [0.2, 0.25) is 17.7 Å². The van der Waals surface area contributed by atoms with Crippen molar-refractivity contribution in [1.29, 1.82) is 0 Å². The highest BCUT2D eigenvalue weighted by atomic mass is 16.3. The lowest BCUT2D eigenvalue weighted by Crippen LogP contribution is -2.58. The summed E-state index contributed by atoms with van der Waals surface area (Å²) in [6.45, 7) is 0.00802. The number of piperazine rings is 1. The standard InChI is InChI=1S/C8H14N4O4/c9-7(15)5(13)2-12-8(16)4-1-11-6(14)3-10-4/h4-5,10,13H,1-3H2,(H2,9,15)(H,11,14)(H,12,16). The second-order valence-corrected chi connectivity index (χ2v) is 3.40. The van der Waals surface area contributed by atoms with Gasteiger partial charge in [0.25, 0.3) is 0 Å². The highest BCUT2D eigenvalue weighted by Crippen LogP contribution is 1.89. The number of hydrogen-bond donors (Lipinski definition) is 5. The zero-order valence-electron chi connectivity index (χ0n) is 8.53. The van der Waals surface area contributed by atoms with Crippen molar-refractivity contribution >= 4 is 17.7 Å². The second kappa shape index (κ2) is 5.42. The Bertz CT molecular complexity index is 296. The molecule has 1 rings (SSSR count). The van der Waals surface area contributed by atoms with Gasteiger partial charge in [0.05, 0.1) is 13.1 Å². The lowest BCUT2D eigenvalue weighted by molar-refractivity contribution is -0.128. The van der Waals surface area contributed by atoms with E-state index in [0.717, 1.165) is 0 Å². The van der Waals surface area contributed by atoms with Crippen molar-refractivity contribution in [1.82, 2.24) is 16.0 Å². The third kappa shape index (κ3) is 3.48. The van der Waals surface area contributed by atoms with Crippen molar-refractivity contribution in [3.8, 4) is 0 Å². The number of hydrogen-bond acceptors (Lipinski definition) is 5. The maximum absolute atomic E-state index is 11.4. The molecular weight excluding hydrogens is 216 g/mol. The van der Waals surface area contributed by atoms with Crippen molar-refractivity contribution in [2.75, 3.05) is 19.6 Å². The number of aliphatic hydroxyl groups excluding tert-OH is 1. The molecule has 8 nitrogen and oxygen atoms in total. The van der Waals surface area contributed by atoms with Crippen molar-refractivity contribution in [2.45, 2.75) is 12.1 Å². The van der Waals surface area contributed by atoms with Gasteiger partial charge in [0.15, 0.2) is 0 Å². The van der Waals surface area contributed by atoms with Crippen LogP contribution < -0.4 is 21.7 Å². The Kier molecular flexibility index (Phi) is 4.20. The molecule has 90 valence electrons. The van der Waals surface area contributed by atoms with Crippen LogP contribution in [0.2, 0.25) is 0 Å². The van der Waals surface area contributed by atoms with E-state index < -0.39 is 24.0 Å². The molecule has 1 fully saturated rings. The second-order valence-electron chi connectivity index (χ2n) is 3.40. The molecule has 1 heterocycles. The fourth-order valence-corrected chi connectivity index (χ4v) is 1.17. The van der Waals surface area contributed by atoms with Crippen molar-refractivity contribution < 1.29 is 19.5 Å². The molecule has 0 radical (unpaired) electrons. The maximum Gasteiger partial charge on any atom is 0.248 e. The topological polar surface area (TPSA) is 134 Å². The Balaban J connectivity index is 2.30. The molecule has 0 spiro atoms. The number of carbonyl (C=O) groups excluding carboxylic acids is 3. The van der Waals surface area contributed by atoms with Gasteiger partial charge < -0.3 is 21.5 Å². The number of aliphatic hydroxyl groups is 1. The normalized spacial score (nSPS) is 22.1. The van der Waals surface area contributed by atoms with E-state index in [-0.39, 0.29) is 25.5 Å². The summed E-state index contributed by atoms with van der Waals surface area (Å²) in [7, 11) is 0. The lowest BCUT2D eigenvalue weighted by Gasteiger charge is -2.23. The quantitative estimate of drug-likeness (QED) is 0.336. The first-order valence-electron chi connectivity index (χ1n) is 4.76. The summed E-state index contributed by atoms with van der Waals surface area (Å²) in [5, 5.41) is 16.6. The number of nitrogens with one attached hydrogen (secondary N) is 3. The van der Waals surface area contributed by atoms with Gasteiger partial charge in [-0.1, -0.05) is 0 Å². The van der Waals surface area contributed by atoms with Gasteiger partial charge in [-0.15, -0.1) is 0 Å². The first-order chi connectivity index (χ1) is 7.50. The zero-order chi connectivity index (χ0) is 12.1. The largest absolute Gasteiger partial charge is 0.381 e. The first-order valence-corrected chi connectivity index (χ1v) is 4.76. The van der Waals surface area contributed by atoms with E-state index in [2.05, 4.69) is 16.0 Å². The van der Waals surface area contributed by atoms with E-state index in [1.807, 2.05) is 0 Å². The average Bonchev–Trinajstić information content (AvgIpc) is 2.26. The summed E-state index contributed by atoms with van der Waals surface area (Å²) in [5.74, 6) is -1.48. The van der Waals surface area contributed by atoms with Crippen molar-refractivity contribution in [2.24, 2.45) is 5.73 Å². The van der Waals surface area contributed by atoms with Crippen LogP contribution in [0.3, 0.4) is 0 Å². The number of amides is 3. The monoisotopic (exact) mass is 230 g/mol. The van der Waals surface area contributed by atoms with Crippen molar-refractivity contribution in [3.05, 3.63) is 0 Å². The molecule has 3 amide bonds. The molecular formula is C8H14N4O4. The molecule has 0 aliphatic carbocycles. The SMILES string of the molecule is NC(=O)C(O)CNC(=O)C1CNC(=O)CN1. The highest BCUT2D eigenvalue weighted by Gasteiger charge is 2.24. The Morgan fingerprint density at radius 3 is 2.81 bits per heavy atom. The summed E-state index contributed by atoms with van der Waals surface area (Å²) in [6.07, 6.45) is -1.40. The third-order valence-electron chi connectivity index (χ3n) is 2.13. The number of rotatable bonds is 4. The number of carbonyl (C=O) groups is 3. The summed E-state index contributed by atoms with van der Waals surface area (Å²) in [6, 6.07) is -0.558. The molecule has 2 unspecified atom stereocenters. The third-order valence-corrected chi connectivity index (χ3v) is 2.13. The summed E-state index contributed by atoms with van der Waals surface area (Å²) in [5.41, 5.74) is 4.81. The molecule has 2 atom stereocenters. The predicted octanol–water partition coefficient (Wildman–Crippen LogP) is -3.96. The molecule has 0 saturated carbocycles. The van der Waals surface area contributed by atoms with Crippen LogP contribution in [0.25, 0.3) is 0 Å². The van der Waals surface area contributed by atoms with Crippen LogP contribution in [0.5, 0.6) is 0 Å². The molecule has 1 aliphatic heterocycles. The van der Waals surface area contributed by atoms with Gasteiger partial charge in [-0.25, -0.2) is 0 Å². The summed E-state index contributed by atoms with van der Waals surface area (Å²) in [4.78, 5) is 32.7. The van der Waals surface area contributed by atoms with Crippen LogP contribution in [0.1, 0.15) is 0 Å². The van der Waals surface area contributed by atoms with Gasteiger partial charge in [-0.05, 0) is 0 Å². The Hall–Kier alpha value is -1.67. The molecule has 1 saturated heterocycles. The van der Waals surface area contributed by atoms with E-state index >= 15 is 0 Å². The summed E-state index contributed by atoms with van der Waals surface area (Å²) >= 11 is 0. The summed E-state index contributed by atoms with van der Waals surface area (Å²) < 4.78 is 0. The van der Waals surface area contributed by atoms with Gasteiger partial charge in [-0.3, -0.25) is 19.7 Å². The molecule has 1 aliphatic rings. The van der Waals surface area contributed by atoms with E-state index in [0.29, 0.717) is 0 Å². The van der Waals surface area contributed by atoms with Gasteiger partial charge in [0, 0.05) is 6.54 Å². The van der Waals surface area contributed by atoms with Crippen LogP contribution in [0, 0.1) is 0 Å². The fourth-order valence-electron chi connectivity index (χ4n) is 1.17. The molecule has 6 N–H and O–H groups in total. The highest BCUT2D eigenvalue weighted by molar-refractivity contribution is 5.87. The minimum atomic E-state index is -1.40. The Labute approximate surface area is 91.6 Å². The smallest absolute Gasteiger partial charge is 0.248 e. The number of primary amides is 1. The fraction of sp³-hybridized carbons (Fsp3) is 0.625. The predicted molar refractivity (Wildman–Crippen MR) is 53.0 cm³/mol. The van der Waals surface area contributed by atoms with Gasteiger partial charge >= 0.3 is 0 Å². The first kappa shape index (κ1) is 12.4. The maximum atomic E-state index is 11.4. The van der Waals surface area contributed by atoms with Crippen LogP contribution in [0.4, 0.5) is 0 Å². The van der Waals surface area contributed by atoms with Gasteiger partial charge in [-0.2, -0.15) is 0 Å². The van der Waals surface area contributed by atoms with Crippen LogP contribution in [-0.2, 0) is 14.4 Å². The van der Waals surface area contributed by atoms with Gasteiger partial charge in [0.1, 0.15) is 12.1 Å². The Morgan fingerprint density at radius 1 is 1.62 bits per heavy atom. The van der Waals surface area contributed by atoms with Crippen LogP contribution in [-0.4, -0.2) is 54.6 Å². The van der Waals surface area contributed by atoms with E-state index in [4.69, 9.17) is 10.8 Å². The minimum absolute atomic E-state index is 0.0659. The number of nitrogens with two attached hydrogens (primary N) is 1.